The minimum atomic E-state index is -1.04. The van der Waals surface area contributed by atoms with Gasteiger partial charge in [0.25, 0.3) is 0 Å². The van der Waals surface area contributed by atoms with E-state index in [0.717, 1.165) is 5.56 Å². The van der Waals surface area contributed by atoms with Gasteiger partial charge in [0.05, 0.1) is 0 Å². The van der Waals surface area contributed by atoms with Crippen molar-refractivity contribution >= 4 is 11.6 Å². The fraction of sp³-hybridized carbons (Fsp3) is 0.524. The van der Waals surface area contributed by atoms with Crippen molar-refractivity contribution in [2.24, 2.45) is 21.5 Å². The molecule has 140 valence electrons. The molecule has 0 radical (unpaired) electrons. The van der Waals surface area contributed by atoms with Crippen molar-refractivity contribution in [2.75, 3.05) is 6.54 Å². The number of nitrogens with two attached hydrogens (primary N) is 2. The summed E-state index contributed by atoms with van der Waals surface area (Å²) < 4.78 is 5.96. The summed E-state index contributed by atoms with van der Waals surface area (Å²) in [5.41, 5.74) is 15.6. The Hall–Kier alpha value is -2.14. The number of aliphatic imine (C=N–C) groups is 2. The van der Waals surface area contributed by atoms with Crippen LogP contribution in [0.1, 0.15) is 69.9 Å². The average molecular weight is 354 g/mol. The van der Waals surface area contributed by atoms with Gasteiger partial charge in [0, 0.05) is 17.8 Å². The number of allylic oxidation sites excluding steroid dienone is 1. The molecule has 1 aliphatic heterocycles. The van der Waals surface area contributed by atoms with Gasteiger partial charge >= 0.3 is 0 Å². The molecule has 1 fully saturated rings. The topological polar surface area (TPSA) is 86.0 Å². The minimum absolute atomic E-state index is 0.417. The Kier molecular flexibility index (Phi) is 5.47. The highest BCUT2D eigenvalue weighted by atomic mass is 16.5. The molecule has 0 aromatic heterocycles. The molecule has 1 saturated carbocycles. The lowest BCUT2D eigenvalue weighted by Gasteiger charge is -2.33. The van der Waals surface area contributed by atoms with Crippen LogP contribution in [0.3, 0.4) is 0 Å². The van der Waals surface area contributed by atoms with Crippen LogP contribution in [-0.4, -0.2) is 23.9 Å². The van der Waals surface area contributed by atoms with E-state index in [1.165, 1.54) is 37.7 Å². The second kappa shape index (κ2) is 7.62. The van der Waals surface area contributed by atoms with Gasteiger partial charge in [-0.3, -0.25) is 10.7 Å². The van der Waals surface area contributed by atoms with Gasteiger partial charge in [0.15, 0.2) is 0 Å². The third kappa shape index (κ3) is 3.83. The molecular weight excluding hydrogens is 324 g/mol. The van der Waals surface area contributed by atoms with Gasteiger partial charge in [-0.05, 0) is 45.1 Å². The van der Waals surface area contributed by atoms with Gasteiger partial charge in [0.2, 0.25) is 11.6 Å². The lowest BCUT2D eigenvalue weighted by molar-refractivity contribution is 0.150. The first-order valence-electron chi connectivity index (χ1n) is 9.61. The highest BCUT2D eigenvalue weighted by Gasteiger charge is 2.36. The highest BCUT2D eigenvalue weighted by Crippen LogP contribution is 2.33. The average Bonchev–Trinajstić information content (AvgIpc) is 2.62. The monoisotopic (exact) mass is 354 g/mol. The van der Waals surface area contributed by atoms with Gasteiger partial charge < -0.3 is 10.5 Å². The van der Waals surface area contributed by atoms with Crippen molar-refractivity contribution in [2.45, 2.75) is 64.5 Å². The summed E-state index contributed by atoms with van der Waals surface area (Å²) in [6, 6.07) is 8.61. The maximum Gasteiger partial charge on any atom is 0.239 e. The normalized spacial score (nSPS) is 27.8. The summed E-state index contributed by atoms with van der Waals surface area (Å²) in [6.07, 6.45) is 6.60. The standard InChI is InChI=1S/C21H30N4O/c1-4-24-20-18(14(2)22)25-19(21(3,23)26-20)17-12-10-16(11-13-17)15-8-6-5-7-9-15/h10-13,15H,4-9,22-23H2,1-3H3/b18-14-,24-20+. The maximum absolute atomic E-state index is 6.42. The van der Waals surface area contributed by atoms with Crippen LogP contribution in [-0.2, 0) is 4.74 Å². The Morgan fingerprint density at radius 2 is 1.88 bits per heavy atom. The summed E-state index contributed by atoms with van der Waals surface area (Å²) >= 11 is 0. The molecule has 0 saturated heterocycles. The molecule has 2 aliphatic rings. The SMILES string of the molecule is CC/N=C1/OC(C)(N)C(c2ccc(C3CCCCC3)cc2)=N/C1=C(/C)N. The third-order valence-electron chi connectivity index (χ3n) is 5.14. The molecule has 1 heterocycles. The molecule has 1 atom stereocenters. The number of benzene rings is 1. The van der Waals surface area contributed by atoms with Gasteiger partial charge in [0.1, 0.15) is 11.4 Å². The zero-order valence-electron chi connectivity index (χ0n) is 16.1. The third-order valence-corrected chi connectivity index (χ3v) is 5.14. The molecule has 0 amide bonds. The van der Waals surface area contributed by atoms with Crippen LogP contribution in [0.2, 0.25) is 0 Å². The van der Waals surface area contributed by atoms with E-state index in [1.807, 2.05) is 13.8 Å². The summed E-state index contributed by atoms with van der Waals surface area (Å²) in [7, 11) is 0. The van der Waals surface area contributed by atoms with E-state index in [1.54, 1.807) is 6.92 Å². The molecule has 1 aromatic rings. The predicted octanol–water partition coefficient (Wildman–Crippen LogP) is 3.84. The van der Waals surface area contributed by atoms with Gasteiger partial charge in [-0.15, -0.1) is 0 Å². The number of nitrogens with zero attached hydrogens (tertiary/aromatic N) is 2. The van der Waals surface area contributed by atoms with Crippen molar-refractivity contribution in [3.8, 4) is 0 Å². The van der Waals surface area contributed by atoms with Crippen LogP contribution in [0.4, 0.5) is 0 Å². The van der Waals surface area contributed by atoms with E-state index in [9.17, 15) is 0 Å². The summed E-state index contributed by atoms with van der Waals surface area (Å²) in [4.78, 5) is 9.09. The Morgan fingerprint density at radius 3 is 2.46 bits per heavy atom. The summed E-state index contributed by atoms with van der Waals surface area (Å²) in [5.74, 6) is 1.09. The number of ether oxygens (including phenoxy) is 1. The zero-order chi connectivity index (χ0) is 18.7. The number of rotatable bonds is 3. The largest absolute Gasteiger partial charge is 0.449 e. The molecule has 1 aromatic carbocycles. The summed E-state index contributed by atoms with van der Waals surface area (Å²) in [6.45, 7) is 6.14. The molecule has 5 heteroatoms. The fourth-order valence-corrected chi connectivity index (χ4v) is 3.78. The Balaban J connectivity index is 1.95. The lowest BCUT2D eigenvalue weighted by Crippen LogP contribution is -2.52. The first kappa shape index (κ1) is 18.6. The number of hydrogen-bond acceptors (Lipinski definition) is 5. The van der Waals surface area contributed by atoms with Crippen LogP contribution in [0, 0.1) is 0 Å². The quantitative estimate of drug-likeness (QED) is 0.865. The van der Waals surface area contributed by atoms with Crippen LogP contribution in [0.15, 0.2) is 45.6 Å². The van der Waals surface area contributed by atoms with Crippen LogP contribution in [0.25, 0.3) is 0 Å². The van der Waals surface area contributed by atoms with Crippen LogP contribution < -0.4 is 11.5 Å². The van der Waals surface area contributed by atoms with E-state index >= 15 is 0 Å². The maximum atomic E-state index is 6.42. The van der Waals surface area contributed by atoms with Crippen molar-refractivity contribution in [1.82, 2.24) is 0 Å². The molecule has 1 aliphatic carbocycles. The predicted molar refractivity (Wildman–Crippen MR) is 107 cm³/mol. The Morgan fingerprint density at radius 1 is 1.23 bits per heavy atom. The van der Waals surface area contributed by atoms with Crippen LogP contribution >= 0.6 is 0 Å². The molecule has 0 spiro atoms. The smallest absolute Gasteiger partial charge is 0.239 e. The van der Waals surface area contributed by atoms with Gasteiger partial charge in [-0.1, -0.05) is 43.5 Å². The van der Waals surface area contributed by atoms with E-state index in [0.29, 0.717) is 35.5 Å². The summed E-state index contributed by atoms with van der Waals surface area (Å²) in [5, 5.41) is 0. The second-order valence-corrected chi connectivity index (χ2v) is 7.44. The molecule has 3 rings (SSSR count). The van der Waals surface area contributed by atoms with Crippen molar-refractivity contribution < 1.29 is 4.74 Å². The highest BCUT2D eigenvalue weighted by molar-refractivity contribution is 6.13. The molecule has 0 bridgehead atoms. The van der Waals surface area contributed by atoms with E-state index in [-0.39, 0.29) is 0 Å². The second-order valence-electron chi connectivity index (χ2n) is 7.44. The Labute approximate surface area is 156 Å². The van der Waals surface area contributed by atoms with E-state index in [4.69, 9.17) is 21.2 Å². The molecule has 26 heavy (non-hydrogen) atoms. The zero-order valence-corrected chi connectivity index (χ0v) is 16.1. The lowest BCUT2D eigenvalue weighted by atomic mass is 9.83. The van der Waals surface area contributed by atoms with Gasteiger partial charge in [-0.25, -0.2) is 4.99 Å². The van der Waals surface area contributed by atoms with Crippen LogP contribution in [0.5, 0.6) is 0 Å². The number of hydrogen-bond donors (Lipinski definition) is 2. The van der Waals surface area contributed by atoms with Crippen molar-refractivity contribution in [3.05, 3.63) is 46.8 Å². The molecule has 1 unspecified atom stereocenters. The first-order valence-corrected chi connectivity index (χ1v) is 9.61. The molecular formula is C21H30N4O. The van der Waals surface area contributed by atoms with Gasteiger partial charge in [-0.2, -0.15) is 0 Å². The molecule has 4 N–H and O–H groups in total. The minimum Gasteiger partial charge on any atom is -0.449 e. The first-order chi connectivity index (χ1) is 12.4. The Bertz CT molecular complexity index is 734. The van der Waals surface area contributed by atoms with E-state index in [2.05, 4.69) is 29.3 Å². The van der Waals surface area contributed by atoms with E-state index < -0.39 is 5.72 Å². The molecule has 5 nitrogen and oxygen atoms in total. The van der Waals surface area contributed by atoms with Crippen molar-refractivity contribution in [1.29, 1.82) is 0 Å². The fourth-order valence-electron chi connectivity index (χ4n) is 3.78. The van der Waals surface area contributed by atoms with Crippen molar-refractivity contribution in [3.63, 3.8) is 0 Å².